The van der Waals surface area contributed by atoms with E-state index in [9.17, 15) is 9.90 Å². The number of aryl methyl sites for hydroxylation is 1. The van der Waals surface area contributed by atoms with Gasteiger partial charge in [-0.3, -0.25) is 9.48 Å². The first kappa shape index (κ1) is 18.3. The summed E-state index contributed by atoms with van der Waals surface area (Å²) in [4.78, 5) is 23.5. The van der Waals surface area contributed by atoms with Gasteiger partial charge in [0.1, 0.15) is 11.4 Å². The van der Waals surface area contributed by atoms with Gasteiger partial charge in [-0.25, -0.2) is 9.97 Å². The molecule has 0 radical (unpaired) electrons. The quantitative estimate of drug-likeness (QED) is 0.472. The molecule has 1 aliphatic rings. The van der Waals surface area contributed by atoms with Crippen LogP contribution in [0, 0.1) is 0 Å². The fourth-order valence-corrected chi connectivity index (χ4v) is 3.91. The highest BCUT2D eigenvalue weighted by Crippen LogP contribution is 2.33. The van der Waals surface area contributed by atoms with Crippen LogP contribution in [0.25, 0.3) is 33.2 Å². The molecule has 1 saturated heterocycles. The standard InChI is InChI=1S/C21H21N7O2/c1-27-11-12-8-15(18(29)10-17(12)26-27)21-24-16-3-2-13(28-6-4-23-5-7-28)9-14(16)19(25-21)20(22)30/h2-3,8-11,23,29H,4-7H2,1H3,(H2,22,30). The minimum Gasteiger partial charge on any atom is -0.507 e. The van der Waals surface area contributed by atoms with E-state index in [1.54, 1.807) is 16.8 Å². The Bertz CT molecular complexity index is 1290. The number of aromatic nitrogens is 4. The van der Waals surface area contributed by atoms with Crippen LogP contribution >= 0.6 is 0 Å². The number of nitrogens with one attached hydrogen (secondary N) is 1. The van der Waals surface area contributed by atoms with Crippen LogP contribution in [0.1, 0.15) is 10.5 Å². The summed E-state index contributed by atoms with van der Waals surface area (Å²) in [6, 6.07) is 9.09. The average molecular weight is 403 g/mol. The fourth-order valence-electron chi connectivity index (χ4n) is 3.91. The zero-order valence-corrected chi connectivity index (χ0v) is 16.5. The number of anilines is 1. The van der Waals surface area contributed by atoms with Crippen molar-refractivity contribution in [1.29, 1.82) is 0 Å². The summed E-state index contributed by atoms with van der Waals surface area (Å²) in [5.74, 6) is -0.397. The van der Waals surface area contributed by atoms with Gasteiger partial charge in [-0.15, -0.1) is 0 Å². The van der Waals surface area contributed by atoms with Crippen molar-refractivity contribution in [3.05, 3.63) is 42.2 Å². The topological polar surface area (TPSA) is 122 Å². The molecule has 0 spiro atoms. The molecule has 3 heterocycles. The molecular formula is C21H21N7O2. The Balaban J connectivity index is 1.67. The summed E-state index contributed by atoms with van der Waals surface area (Å²) in [6.45, 7) is 3.59. The lowest BCUT2D eigenvalue weighted by atomic mass is 10.1. The van der Waals surface area contributed by atoms with Crippen molar-refractivity contribution >= 4 is 33.4 Å². The fraction of sp³-hybridized carbons (Fsp3) is 0.238. The van der Waals surface area contributed by atoms with Gasteiger partial charge in [0, 0.05) is 61.9 Å². The van der Waals surface area contributed by atoms with Crippen molar-refractivity contribution in [2.24, 2.45) is 12.8 Å². The summed E-state index contributed by atoms with van der Waals surface area (Å²) in [6.07, 6.45) is 1.84. The van der Waals surface area contributed by atoms with Gasteiger partial charge in [-0.1, -0.05) is 0 Å². The van der Waals surface area contributed by atoms with Crippen molar-refractivity contribution in [3.8, 4) is 17.1 Å². The van der Waals surface area contributed by atoms with Crippen molar-refractivity contribution in [3.63, 3.8) is 0 Å². The van der Waals surface area contributed by atoms with E-state index >= 15 is 0 Å². The Hall–Kier alpha value is -3.72. The number of rotatable bonds is 3. The number of nitrogens with zero attached hydrogens (tertiary/aromatic N) is 5. The molecule has 30 heavy (non-hydrogen) atoms. The number of carbonyl (C=O) groups is 1. The number of phenols is 1. The first-order valence-corrected chi connectivity index (χ1v) is 9.73. The Morgan fingerprint density at radius 1 is 1.13 bits per heavy atom. The van der Waals surface area contributed by atoms with Gasteiger partial charge in [0.05, 0.1) is 16.6 Å². The van der Waals surface area contributed by atoms with Crippen LogP contribution in [0.4, 0.5) is 5.69 Å². The monoisotopic (exact) mass is 403 g/mol. The van der Waals surface area contributed by atoms with Crippen LogP contribution in [0.3, 0.4) is 0 Å². The molecule has 2 aromatic heterocycles. The van der Waals surface area contributed by atoms with Crippen LogP contribution < -0.4 is 16.0 Å². The zero-order chi connectivity index (χ0) is 20.8. The Morgan fingerprint density at radius 3 is 2.70 bits per heavy atom. The molecule has 0 atom stereocenters. The van der Waals surface area contributed by atoms with E-state index in [0.717, 1.165) is 37.3 Å². The summed E-state index contributed by atoms with van der Waals surface area (Å²) in [5, 5.41) is 19.6. The van der Waals surface area contributed by atoms with Gasteiger partial charge >= 0.3 is 0 Å². The van der Waals surface area contributed by atoms with E-state index in [0.29, 0.717) is 22.0 Å². The van der Waals surface area contributed by atoms with Crippen molar-refractivity contribution in [1.82, 2.24) is 25.1 Å². The van der Waals surface area contributed by atoms with E-state index in [1.165, 1.54) is 0 Å². The lowest BCUT2D eigenvalue weighted by molar-refractivity contribution is 0.0997. The van der Waals surface area contributed by atoms with Crippen LogP contribution in [0.5, 0.6) is 5.75 Å². The van der Waals surface area contributed by atoms with Crippen LogP contribution in [-0.2, 0) is 7.05 Å². The first-order chi connectivity index (χ1) is 14.5. The number of aromatic hydroxyl groups is 1. The van der Waals surface area contributed by atoms with Gasteiger partial charge in [0.25, 0.3) is 5.91 Å². The van der Waals surface area contributed by atoms with Crippen LogP contribution in [0.15, 0.2) is 36.5 Å². The third kappa shape index (κ3) is 3.09. The summed E-state index contributed by atoms with van der Waals surface area (Å²) >= 11 is 0. The highest BCUT2D eigenvalue weighted by Gasteiger charge is 2.19. The highest BCUT2D eigenvalue weighted by molar-refractivity contribution is 6.05. The molecule has 1 amide bonds. The maximum Gasteiger partial charge on any atom is 0.268 e. The smallest absolute Gasteiger partial charge is 0.268 e. The predicted octanol–water partition coefficient (Wildman–Crippen LogP) is 1.40. The van der Waals surface area contributed by atoms with Gasteiger partial charge in [0.15, 0.2) is 5.82 Å². The van der Waals surface area contributed by atoms with E-state index < -0.39 is 5.91 Å². The predicted molar refractivity (Wildman–Crippen MR) is 115 cm³/mol. The third-order valence-corrected chi connectivity index (χ3v) is 5.37. The molecule has 9 heteroatoms. The second-order valence-electron chi connectivity index (χ2n) is 7.43. The summed E-state index contributed by atoms with van der Waals surface area (Å²) in [5.41, 5.74) is 8.48. The number of hydrogen-bond acceptors (Lipinski definition) is 7. The molecule has 9 nitrogen and oxygen atoms in total. The minimum atomic E-state index is -0.636. The zero-order valence-electron chi connectivity index (χ0n) is 16.5. The Labute approximate surface area is 172 Å². The van der Waals surface area contributed by atoms with Crippen molar-refractivity contribution in [2.75, 3.05) is 31.1 Å². The number of fused-ring (bicyclic) bond motifs is 2. The normalized spacial score (nSPS) is 14.5. The number of carbonyl (C=O) groups excluding carboxylic acids is 1. The Morgan fingerprint density at radius 2 is 1.93 bits per heavy atom. The molecule has 0 bridgehead atoms. The van der Waals surface area contributed by atoms with E-state index in [-0.39, 0.29) is 17.3 Å². The maximum atomic E-state index is 12.2. The largest absolute Gasteiger partial charge is 0.507 e. The summed E-state index contributed by atoms with van der Waals surface area (Å²) < 4.78 is 1.67. The van der Waals surface area contributed by atoms with Crippen molar-refractivity contribution in [2.45, 2.75) is 0 Å². The number of benzene rings is 2. The average Bonchev–Trinajstić information content (AvgIpc) is 3.11. The van der Waals surface area contributed by atoms with Gasteiger partial charge in [0.2, 0.25) is 0 Å². The molecule has 0 saturated carbocycles. The second-order valence-corrected chi connectivity index (χ2v) is 7.43. The molecule has 4 N–H and O–H groups in total. The van der Waals surface area contributed by atoms with Crippen molar-refractivity contribution < 1.29 is 9.90 Å². The number of piperazine rings is 1. The number of amides is 1. The SMILES string of the molecule is Cn1cc2cc(-c3nc(C(N)=O)c4cc(N5CCNCC5)ccc4n3)c(O)cc2n1. The number of phenolic OH excluding ortho intramolecular Hbond substituents is 1. The molecule has 5 rings (SSSR count). The number of hydrogen-bond donors (Lipinski definition) is 3. The van der Waals surface area contributed by atoms with Crippen LogP contribution in [-0.4, -0.2) is 56.9 Å². The van der Waals surface area contributed by atoms with Gasteiger partial charge in [-0.05, 0) is 24.3 Å². The van der Waals surface area contributed by atoms with E-state index in [4.69, 9.17) is 5.73 Å². The molecule has 4 aromatic rings. The van der Waals surface area contributed by atoms with Gasteiger partial charge in [-0.2, -0.15) is 5.10 Å². The highest BCUT2D eigenvalue weighted by atomic mass is 16.3. The molecular weight excluding hydrogens is 382 g/mol. The van der Waals surface area contributed by atoms with E-state index in [2.05, 4.69) is 25.3 Å². The third-order valence-electron chi connectivity index (χ3n) is 5.37. The number of nitrogens with two attached hydrogens (primary N) is 1. The molecule has 1 aliphatic heterocycles. The molecule has 1 fully saturated rings. The number of primary amides is 1. The molecule has 152 valence electrons. The maximum absolute atomic E-state index is 12.2. The van der Waals surface area contributed by atoms with E-state index in [1.807, 2.05) is 31.4 Å². The minimum absolute atomic E-state index is 0.00610. The van der Waals surface area contributed by atoms with Gasteiger partial charge < -0.3 is 21.1 Å². The first-order valence-electron chi connectivity index (χ1n) is 9.73. The summed E-state index contributed by atoms with van der Waals surface area (Å²) in [7, 11) is 1.81. The molecule has 2 aromatic carbocycles. The molecule has 0 unspecified atom stereocenters. The Kier molecular flexibility index (Phi) is 4.25. The lowest BCUT2D eigenvalue weighted by Crippen LogP contribution is -2.43. The molecule has 0 aliphatic carbocycles. The van der Waals surface area contributed by atoms with Crippen LogP contribution in [0.2, 0.25) is 0 Å². The lowest BCUT2D eigenvalue weighted by Gasteiger charge is -2.29. The second kappa shape index (κ2) is 6.96.